The molecule has 1 saturated heterocycles. The number of fused-ring (bicyclic) bond motifs is 1. The molecule has 39 heavy (non-hydrogen) atoms. The van der Waals surface area contributed by atoms with E-state index in [1.165, 1.54) is 4.57 Å². The summed E-state index contributed by atoms with van der Waals surface area (Å²) in [7, 11) is -18.1. The van der Waals surface area contributed by atoms with Crippen LogP contribution in [0.3, 0.4) is 0 Å². The number of nitrogen functional groups attached to an aromatic ring is 1. The van der Waals surface area contributed by atoms with Crippen molar-refractivity contribution in [2.45, 2.75) is 50.8 Å². The third-order valence-corrected chi connectivity index (χ3v) is 7.46. The number of anilines is 1. The van der Waals surface area contributed by atoms with E-state index in [0.29, 0.717) is 0 Å². The Balaban J connectivity index is 0.000000838. The molecule has 0 spiro atoms. The Morgan fingerprint density at radius 2 is 1.56 bits per heavy atom. The number of hydrogen-bond acceptors (Lipinski definition) is 19. The standard InChI is InChI=1S/C10H16N5O13P3.2C2H7NO/c11-8-5-9(13-2-12-8)15(3-14-5)10-7(17)6(16)4(26-10)1-25-30(21,22)28-31(23,24)27-29(18,19)20;2*1-2(3)4/h2-4,6-7,10,16-17H,1H2,(H,21,22)(H,23,24)(H2,11,12,13)(H2,18,19,20);2*2,4H,3H2,1H3/p-2/t4-,6-,7-,10-;;/m1../s1. The molecule has 1 fully saturated rings. The highest BCUT2D eigenvalue weighted by molar-refractivity contribution is 7.64. The zero-order chi connectivity index (χ0) is 30.3. The zero-order valence-electron chi connectivity index (χ0n) is 20.2. The normalized spacial score (nSPS) is 25.8. The number of aliphatic hydroxyl groups excluding tert-OH is 4. The first-order chi connectivity index (χ1) is 17.7. The molecule has 12 N–H and O–H groups in total. The van der Waals surface area contributed by atoms with E-state index in [2.05, 4.69) is 39.6 Å². The minimum Gasteiger partial charge on any atom is -0.790 e. The van der Waals surface area contributed by atoms with Crippen molar-refractivity contribution in [1.29, 1.82) is 0 Å². The Labute approximate surface area is 219 Å². The third kappa shape index (κ3) is 12.3. The summed E-state index contributed by atoms with van der Waals surface area (Å²) < 4.78 is 50.2. The maximum atomic E-state index is 11.6. The lowest BCUT2D eigenvalue weighted by Gasteiger charge is -2.37. The lowest BCUT2D eigenvalue weighted by molar-refractivity contribution is -0.476. The fraction of sp³-hybridized carbons (Fsp3) is 0.643. The molecule has 25 heteroatoms. The second-order valence-corrected chi connectivity index (χ2v) is 11.9. The highest BCUT2D eigenvalue weighted by Gasteiger charge is 2.45. The number of phosphoric ester groups is 1. The summed E-state index contributed by atoms with van der Waals surface area (Å²) in [6.07, 6.45) is -4.83. The highest BCUT2D eigenvalue weighted by Crippen LogP contribution is 2.60. The molecule has 3 rings (SSSR count). The Bertz CT molecular complexity index is 1200. The maximum Gasteiger partial charge on any atom is 0.278 e. The van der Waals surface area contributed by atoms with Crippen LogP contribution >= 0.6 is 23.5 Å². The van der Waals surface area contributed by atoms with Gasteiger partial charge in [0.15, 0.2) is 30.1 Å². The topological polar surface area (TPSA) is 386 Å². The fourth-order valence-corrected chi connectivity index (χ4v) is 5.47. The van der Waals surface area contributed by atoms with Gasteiger partial charge in [-0.2, -0.15) is 0 Å². The number of aromatic nitrogens is 4. The van der Waals surface area contributed by atoms with E-state index in [9.17, 15) is 43.5 Å². The van der Waals surface area contributed by atoms with Gasteiger partial charge < -0.3 is 71.0 Å². The summed E-state index contributed by atoms with van der Waals surface area (Å²) in [6, 6.07) is 0. The predicted molar refractivity (Wildman–Crippen MR) is 116 cm³/mol. The van der Waals surface area contributed by atoms with Crippen LogP contribution in [-0.2, 0) is 31.6 Å². The molecule has 0 radical (unpaired) electrons. The second kappa shape index (κ2) is 14.4. The molecule has 1 aliphatic rings. The average molecular weight is 627 g/mol. The highest BCUT2D eigenvalue weighted by atomic mass is 31.3. The van der Waals surface area contributed by atoms with Crippen LogP contribution in [0, 0.1) is 0 Å². The first-order valence-corrected chi connectivity index (χ1v) is 14.7. The number of imidazole rings is 1. The summed E-state index contributed by atoms with van der Waals surface area (Å²) in [5, 5.41) is 36.2. The van der Waals surface area contributed by atoms with Crippen LogP contribution < -0.4 is 36.8 Å². The minimum atomic E-state index is -6.14. The number of aliphatic hydroxyl groups is 4. The van der Waals surface area contributed by atoms with Gasteiger partial charge in [0.25, 0.3) is 15.6 Å². The van der Waals surface area contributed by atoms with Gasteiger partial charge in [-0.1, -0.05) is 0 Å². The third-order valence-electron chi connectivity index (χ3n) is 3.80. The van der Waals surface area contributed by atoms with Crippen molar-refractivity contribution < 1.29 is 83.0 Å². The number of ether oxygens (including phenoxy) is 1. The van der Waals surface area contributed by atoms with Crippen LogP contribution in [0.2, 0.25) is 0 Å². The predicted octanol–water partition coefficient (Wildman–Crippen LogP) is -7.02. The van der Waals surface area contributed by atoms with Crippen LogP contribution in [0.15, 0.2) is 12.7 Å². The Kier molecular flexibility index (Phi) is 13.1. The number of phosphoric acid groups is 3. The van der Waals surface area contributed by atoms with Gasteiger partial charge in [0.1, 0.15) is 30.2 Å². The van der Waals surface area contributed by atoms with Crippen LogP contribution in [0.1, 0.15) is 20.1 Å². The van der Waals surface area contributed by atoms with E-state index in [1.54, 1.807) is 13.8 Å². The van der Waals surface area contributed by atoms with Crippen molar-refractivity contribution in [2.24, 2.45) is 0 Å². The van der Waals surface area contributed by atoms with E-state index < -0.39 is 67.1 Å². The SMILES string of the molecule is CC([NH3+])O.CC([NH3+])O.Nc1ncnc2c1ncn2[C@@H]1O[C@H](COP(=O)([O-])OP(=O)([O-])OP(=O)([O-])[O-])[C@@H](O)[C@H]1O. The van der Waals surface area contributed by atoms with Gasteiger partial charge >= 0.3 is 0 Å². The first-order valence-electron chi connectivity index (χ1n) is 10.3. The molecule has 8 atom stereocenters. The van der Waals surface area contributed by atoms with Crippen molar-refractivity contribution in [2.75, 3.05) is 12.3 Å². The van der Waals surface area contributed by atoms with Gasteiger partial charge in [0.2, 0.25) is 0 Å². The van der Waals surface area contributed by atoms with E-state index >= 15 is 0 Å². The molecule has 22 nitrogen and oxygen atoms in total. The van der Waals surface area contributed by atoms with Crippen LogP contribution in [0.5, 0.6) is 0 Å². The molecular weight excluding hydrogens is 599 g/mol. The van der Waals surface area contributed by atoms with E-state index in [4.69, 9.17) is 20.7 Å². The minimum absolute atomic E-state index is 0.0195. The monoisotopic (exact) mass is 627 g/mol. The fourth-order valence-electron chi connectivity index (χ4n) is 2.60. The Morgan fingerprint density at radius 1 is 1.03 bits per heavy atom. The Morgan fingerprint density at radius 3 is 2.08 bits per heavy atom. The van der Waals surface area contributed by atoms with E-state index in [0.717, 1.165) is 12.7 Å². The number of quaternary nitrogens is 2. The number of nitrogens with two attached hydrogens (primary N) is 1. The first kappa shape index (κ1) is 35.5. The van der Waals surface area contributed by atoms with Gasteiger partial charge in [-0.3, -0.25) is 18.0 Å². The summed E-state index contributed by atoms with van der Waals surface area (Å²) in [5.74, 6) is 0.0195. The molecule has 2 aromatic heterocycles. The largest absolute Gasteiger partial charge is 0.790 e. The molecular formula is C14H28N7O15P3-2. The van der Waals surface area contributed by atoms with Gasteiger partial charge in [0.05, 0.1) is 20.8 Å². The molecule has 2 aromatic rings. The Hall–Kier alpha value is -1.52. The maximum absolute atomic E-state index is 11.6. The van der Waals surface area contributed by atoms with Crippen molar-refractivity contribution in [3.8, 4) is 0 Å². The molecule has 0 saturated carbocycles. The summed E-state index contributed by atoms with van der Waals surface area (Å²) in [4.78, 5) is 54.9. The second-order valence-electron chi connectivity index (χ2n) is 7.63. The van der Waals surface area contributed by atoms with Crippen molar-refractivity contribution in [1.82, 2.24) is 19.5 Å². The number of rotatable bonds is 8. The molecule has 1 aliphatic heterocycles. The summed E-state index contributed by atoms with van der Waals surface area (Å²) in [5.41, 5.74) is 12.3. The molecule has 3 heterocycles. The van der Waals surface area contributed by atoms with Gasteiger partial charge in [-0.05, 0) is 0 Å². The molecule has 4 unspecified atom stereocenters. The summed E-state index contributed by atoms with van der Waals surface area (Å²) in [6.45, 7) is 2.14. The number of hydrogen-bond donors (Lipinski definition) is 7. The van der Waals surface area contributed by atoms with E-state index in [1.807, 2.05) is 0 Å². The molecule has 0 bridgehead atoms. The zero-order valence-corrected chi connectivity index (χ0v) is 22.9. The molecule has 226 valence electrons. The van der Waals surface area contributed by atoms with Crippen LogP contribution in [0.25, 0.3) is 11.2 Å². The number of nitrogens with zero attached hydrogens (tertiary/aromatic N) is 4. The summed E-state index contributed by atoms with van der Waals surface area (Å²) >= 11 is 0. The molecule has 0 aromatic carbocycles. The molecule has 0 amide bonds. The van der Waals surface area contributed by atoms with Crippen molar-refractivity contribution >= 4 is 40.4 Å². The van der Waals surface area contributed by atoms with Crippen LogP contribution in [0.4, 0.5) is 5.82 Å². The van der Waals surface area contributed by atoms with Gasteiger partial charge in [-0.25, -0.2) is 19.3 Å². The lowest BCUT2D eigenvalue weighted by atomic mass is 10.1. The average Bonchev–Trinajstić information content (AvgIpc) is 3.25. The van der Waals surface area contributed by atoms with Crippen molar-refractivity contribution in [3.63, 3.8) is 0 Å². The quantitative estimate of drug-likeness (QED) is 0.105. The van der Waals surface area contributed by atoms with Gasteiger partial charge in [-0.15, -0.1) is 0 Å². The van der Waals surface area contributed by atoms with E-state index in [-0.39, 0.29) is 17.0 Å². The van der Waals surface area contributed by atoms with Crippen molar-refractivity contribution in [3.05, 3.63) is 12.7 Å². The van der Waals surface area contributed by atoms with Crippen LogP contribution in [-0.4, -0.2) is 77.3 Å². The van der Waals surface area contributed by atoms with Gasteiger partial charge in [0, 0.05) is 13.8 Å². The lowest BCUT2D eigenvalue weighted by Crippen LogP contribution is -2.58. The molecule has 0 aliphatic carbocycles. The smallest absolute Gasteiger partial charge is 0.278 e.